The third-order valence-electron chi connectivity index (χ3n) is 4.22. The summed E-state index contributed by atoms with van der Waals surface area (Å²) in [4.78, 5) is 10.6. The number of rotatable bonds is 4. The fourth-order valence-electron chi connectivity index (χ4n) is 3.51. The highest BCUT2D eigenvalue weighted by Gasteiger charge is 2.69. The Morgan fingerprint density at radius 1 is 1.33 bits per heavy atom. The van der Waals surface area contributed by atoms with Gasteiger partial charge in [-0.25, -0.2) is 4.79 Å². The van der Waals surface area contributed by atoms with Crippen LogP contribution in [0.25, 0.3) is 0 Å². The van der Waals surface area contributed by atoms with Crippen LogP contribution in [0.1, 0.15) is 24.8 Å². The van der Waals surface area contributed by atoms with Crippen LogP contribution in [0.4, 0.5) is 18.0 Å². The maximum atomic E-state index is 12.6. The minimum absolute atomic E-state index is 0.0866. The molecule has 3 fully saturated rings. The summed E-state index contributed by atoms with van der Waals surface area (Å²) in [6.45, 7) is 0.317. The Balaban J connectivity index is 1.55. The first-order chi connectivity index (χ1) is 9.72. The van der Waals surface area contributed by atoms with Gasteiger partial charge in [0.05, 0.1) is 12.2 Å². The number of benzene rings is 1. The SMILES string of the molecule is O=C(O)NC12CC(COc3cccc(C(F)(F)F)c3)(C1)C2. The van der Waals surface area contributed by atoms with Crippen molar-refractivity contribution in [1.82, 2.24) is 5.32 Å². The van der Waals surface area contributed by atoms with Crippen molar-refractivity contribution in [2.75, 3.05) is 6.61 Å². The number of alkyl halides is 3. The van der Waals surface area contributed by atoms with Crippen molar-refractivity contribution in [3.05, 3.63) is 29.8 Å². The lowest BCUT2D eigenvalue weighted by Gasteiger charge is -2.69. The number of halogens is 3. The van der Waals surface area contributed by atoms with Gasteiger partial charge in [-0.15, -0.1) is 0 Å². The van der Waals surface area contributed by atoms with E-state index in [2.05, 4.69) is 5.32 Å². The molecule has 4 rings (SSSR count). The zero-order chi connectivity index (χ0) is 15.3. The molecule has 0 radical (unpaired) electrons. The third kappa shape index (κ3) is 2.52. The molecule has 3 saturated carbocycles. The number of carbonyl (C=O) groups is 1. The van der Waals surface area contributed by atoms with Gasteiger partial charge in [-0.05, 0) is 37.5 Å². The molecule has 21 heavy (non-hydrogen) atoms. The summed E-state index contributed by atoms with van der Waals surface area (Å²) < 4.78 is 43.2. The summed E-state index contributed by atoms with van der Waals surface area (Å²) in [5.74, 6) is 0.190. The highest BCUT2D eigenvalue weighted by Crippen LogP contribution is 2.67. The largest absolute Gasteiger partial charge is 0.493 e. The van der Waals surface area contributed by atoms with E-state index in [-0.39, 0.29) is 16.7 Å². The van der Waals surface area contributed by atoms with Crippen LogP contribution < -0.4 is 10.1 Å². The van der Waals surface area contributed by atoms with Crippen LogP contribution in [0.2, 0.25) is 0 Å². The lowest BCUT2D eigenvalue weighted by Crippen LogP contribution is -2.76. The van der Waals surface area contributed by atoms with Crippen molar-refractivity contribution in [2.45, 2.75) is 31.0 Å². The van der Waals surface area contributed by atoms with Gasteiger partial charge in [-0.1, -0.05) is 6.07 Å². The van der Waals surface area contributed by atoms with E-state index >= 15 is 0 Å². The molecule has 0 atom stereocenters. The van der Waals surface area contributed by atoms with Crippen LogP contribution in [-0.2, 0) is 6.18 Å². The Labute approximate surface area is 118 Å². The van der Waals surface area contributed by atoms with E-state index in [9.17, 15) is 18.0 Å². The molecule has 4 nitrogen and oxygen atoms in total. The molecule has 0 aromatic heterocycles. The number of nitrogens with one attached hydrogen (secondary N) is 1. The average molecular weight is 301 g/mol. The van der Waals surface area contributed by atoms with E-state index in [1.165, 1.54) is 12.1 Å². The van der Waals surface area contributed by atoms with E-state index in [1.54, 1.807) is 0 Å². The highest BCUT2D eigenvalue weighted by atomic mass is 19.4. The molecule has 7 heteroatoms. The summed E-state index contributed by atoms with van der Waals surface area (Å²) in [6, 6.07) is 4.79. The Kier molecular flexibility index (Phi) is 2.86. The smallest absolute Gasteiger partial charge is 0.416 e. The molecule has 1 amide bonds. The zero-order valence-corrected chi connectivity index (χ0v) is 11.0. The summed E-state index contributed by atoms with van der Waals surface area (Å²) in [5, 5.41) is 11.2. The standard InChI is InChI=1S/C14H14F3NO3/c15-14(16,17)9-2-1-3-10(4-9)21-8-12-5-13(6-12,7-12)18-11(19)20/h1-4,18H,5-8H2,(H,19,20). The van der Waals surface area contributed by atoms with Crippen LogP contribution in [0.15, 0.2) is 24.3 Å². The molecule has 114 valence electrons. The van der Waals surface area contributed by atoms with Crippen molar-refractivity contribution >= 4 is 6.09 Å². The predicted molar refractivity (Wildman–Crippen MR) is 67.1 cm³/mol. The Morgan fingerprint density at radius 3 is 2.57 bits per heavy atom. The second-order valence-electron chi connectivity index (χ2n) is 6.06. The summed E-state index contributed by atoms with van der Waals surface area (Å²) in [5.41, 5.74) is -1.15. The molecule has 1 aromatic rings. The minimum Gasteiger partial charge on any atom is -0.493 e. The monoisotopic (exact) mass is 301 g/mol. The summed E-state index contributed by atoms with van der Waals surface area (Å²) in [6.07, 6.45) is -3.37. The van der Waals surface area contributed by atoms with Crippen molar-refractivity contribution in [2.24, 2.45) is 5.41 Å². The Bertz CT molecular complexity index is 565. The van der Waals surface area contributed by atoms with Crippen LogP contribution in [0, 0.1) is 5.41 Å². The van der Waals surface area contributed by atoms with Crippen LogP contribution in [0.5, 0.6) is 5.75 Å². The van der Waals surface area contributed by atoms with E-state index in [4.69, 9.17) is 9.84 Å². The van der Waals surface area contributed by atoms with E-state index in [1.807, 2.05) is 0 Å². The van der Waals surface area contributed by atoms with Gasteiger partial charge in [-0.3, -0.25) is 0 Å². The Hall–Kier alpha value is -1.92. The van der Waals surface area contributed by atoms with Crippen LogP contribution in [0.3, 0.4) is 0 Å². The normalized spacial score (nSPS) is 30.0. The molecule has 0 saturated heterocycles. The van der Waals surface area contributed by atoms with Gasteiger partial charge in [0.15, 0.2) is 0 Å². The van der Waals surface area contributed by atoms with Gasteiger partial charge >= 0.3 is 12.3 Å². The first kappa shape index (κ1) is 14.0. The lowest BCUT2D eigenvalue weighted by atomic mass is 9.39. The molecule has 3 aliphatic rings. The van der Waals surface area contributed by atoms with Crippen molar-refractivity contribution in [1.29, 1.82) is 0 Å². The topological polar surface area (TPSA) is 58.6 Å². The zero-order valence-electron chi connectivity index (χ0n) is 11.0. The maximum Gasteiger partial charge on any atom is 0.416 e. The molecule has 3 aliphatic carbocycles. The molecule has 2 N–H and O–H groups in total. The molecule has 0 spiro atoms. The van der Waals surface area contributed by atoms with Crippen LogP contribution in [-0.4, -0.2) is 23.3 Å². The molecule has 0 heterocycles. The quantitative estimate of drug-likeness (QED) is 0.897. The van der Waals surface area contributed by atoms with Gasteiger partial charge in [0.2, 0.25) is 0 Å². The maximum absolute atomic E-state index is 12.6. The number of hydrogen-bond donors (Lipinski definition) is 2. The first-order valence-corrected chi connectivity index (χ1v) is 6.53. The highest BCUT2D eigenvalue weighted by molar-refractivity contribution is 5.66. The van der Waals surface area contributed by atoms with E-state index in [0.717, 1.165) is 12.1 Å². The fraction of sp³-hybridized carbons (Fsp3) is 0.500. The second kappa shape index (κ2) is 4.29. The third-order valence-corrected chi connectivity index (χ3v) is 4.22. The summed E-state index contributed by atoms with van der Waals surface area (Å²) in [7, 11) is 0. The average Bonchev–Trinajstić information content (AvgIpc) is 2.29. The van der Waals surface area contributed by atoms with Crippen molar-refractivity contribution in [3.8, 4) is 5.75 Å². The van der Waals surface area contributed by atoms with Gasteiger partial charge in [0.25, 0.3) is 0 Å². The molecule has 1 aromatic carbocycles. The Morgan fingerprint density at radius 2 is 2.00 bits per heavy atom. The number of ether oxygens (including phenoxy) is 1. The van der Waals surface area contributed by atoms with Gasteiger partial charge in [0.1, 0.15) is 5.75 Å². The van der Waals surface area contributed by atoms with Gasteiger partial charge in [0, 0.05) is 11.0 Å². The second-order valence-corrected chi connectivity index (χ2v) is 6.06. The molecule has 0 unspecified atom stereocenters. The van der Waals surface area contributed by atoms with E-state index < -0.39 is 17.8 Å². The summed E-state index contributed by atoms with van der Waals surface area (Å²) >= 11 is 0. The van der Waals surface area contributed by atoms with Crippen molar-refractivity contribution in [3.63, 3.8) is 0 Å². The molecular formula is C14H14F3NO3. The molecular weight excluding hydrogens is 287 g/mol. The van der Waals surface area contributed by atoms with Gasteiger partial charge < -0.3 is 15.2 Å². The first-order valence-electron chi connectivity index (χ1n) is 6.53. The number of hydrogen-bond acceptors (Lipinski definition) is 2. The van der Waals surface area contributed by atoms with E-state index in [0.29, 0.717) is 25.9 Å². The molecule has 0 aliphatic heterocycles. The number of carboxylic acid groups (broad SMARTS) is 1. The van der Waals surface area contributed by atoms with Crippen LogP contribution >= 0.6 is 0 Å². The molecule has 2 bridgehead atoms. The minimum atomic E-state index is -4.38. The number of amides is 1. The fourth-order valence-corrected chi connectivity index (χ4v) is 3.51. The van der Waals surface area contributed by atoms with Crippen molar-refractivity contribution < 1.29 is 27.8 Å². The van der Waals surface area contributed by atoms with Gasteiger partial charge in [-0.2, -0.15) is 13.2 Å². The lowest BCUT2D eigenvalue weighted by molar-refractivity contribution is -0.168. The predicted octanol–water partition coefficient (Wildman–Crippen LogP) is 3.27.